The molecule has 37 heavy (non-hydrogen) atoms. The summed E-state index contributed by atoms with van der Waals surface area (Å²) >= 11 is 0. The highest BCUT2D eigenvalue weighted by atomic mass is 16.5. The highest BCUT2D eigenvalue weighted by molar-refractivity contribution is 5.89. The van der Waals surface area contributed by atoms with Crippen molar-refractivity contribution in [2.75, 3.05) is 13.2 Å². The van der Waals surface area contributed by atoms with Gasteiger partial charge in [0, 0.05) is 5.56 Å². The zero-order valence-electron chi connectivity index (χ0n) is 22.8. The summed E-state index contributed by atoms with van der Waals surface area (Å²) in [5.74, 6) is 3.62. The maximum Gasteiger partial charge on any atom is 0.338 e. The molecule has 0 saturated heterocycles. The third-order valence-corrected chi connectivity index (χ3v) is 9.01. The molecule has 4 saturated carbocycles. The van der Waals surface area contributed by atoms with Crippen molar-refractivity contribution >= 4 is 18.1 Å². The third kappa shape index (κ3) is 6.13. The average Bonchev–Trinajstić information content (AvgIpc) is 2.89. The van der Waals surface area contributed by atoms with E-state index in [0.29, 0.717) is 17.6 Å². The monoisotopic (exact) mass is 500 g/mol. The van der Waals surface area contributed by atoms with E-state index >= 15 is 0 Å². The first-order valence-corrected chi connectivity index (χ1v) is 14.8. The van der Waals surface area contributed by atoms with E-state index in [0.717, 1.165) is 42.1 Å². The summed E-state index contributed by atoms with van der Waals surface area (Å²) in [5, 5.41) is 0. The number of benzene rings is 2. The molecule has 0 aliphatic heterocycles. The first-order chi connectivity index (χ1) is 18.1. The minimum atomic E-state index is -0.269. The van der Waals surface area contributed by atoms with Gasteiger partial charge in [0.25, 0.3) is 0 Å². The first-order valence-electron chi connectivity index (χ1n) is 14.8. The summed E-state index contributed by atoms with van der Waals surface area (Å²) in [5.41, 5.74) is 4.64. The number of carbonyl (C=O) groups excluding carboxylic acids is 1. The van der Waals surface area contributed by atoms with Crippen LogP contribution in [0, 0.1) is 17.8 Å². The number of hydrogen-bond acceptors (Lipinski definition) is 3. The molecule has 0 spiro atoms. The van der Waals surface area contributed by atoms with Gasteiger partial charge in [0.05, 0.1) is 18.8 Å². The Labute approximate surface area is 223 Å². The fourth-order valence-corrected chi connectivity index (χ4v) is 7.67. The van der Waals surface area contributed by atoms with Crippen molar-refractivity contribution in [2.45, 2.75) is 89.9 Å². The molecule has 0 unspecified atom stereocenters. The van der Waals surface area contributed by atoms with Crippen LogP contribution < -0.4 is 4.74 Å². The topological polar surface area (TPSA) is 35.5 Å². The van der Waals surface area contributed by atoms with Gasteiger partial charge in [-0.2, -0.15) is 0 Å². The highest BCUT2D eigenvalue weighted by Crippen LogP contribution is 2.61. The molecule has 198 valence electrons. The summed E-state index contributed by atoms with van der Waals surface area (Å²) in [4.78, 5) is 11.9. The summed E-state index contributed by atoms with van der Waals surface area (Å²) in [6, 6.07) is 14.6. The molecule has 6 rings (SSSR count). The minimum Gasteiger partial charge on any atom is -0.493 e. The van der Waals surface area contributed by atoms with Crippen LogP contribution in [-0.2, 0) is 10.2 Å². The molecule has 0 amide bonds. The molecule has 3 nitrogen and oxygen atoms in total. The van der Waals surface area contributed by atoms with Crippen LogP contribution in [0.2, 0.25) is 0 Å². The molecule has 0 radical (unpaired) electrons. The zero-order chi connectivity index (χ0) is 25.7. The van der Waals surface area contributed by atoms with E-state index in [1.807, 2.05) is 31.2 Å². The Kier molecular flexibility index (Phi) is 8.37. The van der Waals surface area contributed by atoms with E-state index in [4.69, 9.17) is 9.47 Å². The Morgan fingerprint density at radius 1 is 0.838 bits per heavy atom. The van der Waals surface area contributed by atoms with Crippen LogP contribution in [0.3, 0.4) is 0 Å². The maximum absolute atomic E-state index is 11.9. The van der Waals surface area contributed by atoms with Gasteiger partial charge in [-0.05, 0) is 104 Å². The van der Waals surface area contributed by atoms with Gasteiger partial charge < -0.3 is 9.47 Å². The van der Waals surface area contributed by atoms with Crippen LogP contribution in [0.1, 0.15) is 112 Å². The number of rotatable bonds is 12. The number of ether oxygens (including phenoxy) is 2. The fraction of sp³-hybridized carbons (Fsp3) is 0.559. The van der Waals surface area contributed by atoms with Gasteiger partial charge in [-0.15, -0.1) is 0 Å². The van der Waals surface area contributed by atoms with Gasteiger partial charge in [0.1, 0.15) is 5.75 Å². The number of carbonyl (C=O) groups is 1. The standard InChI is InChI=1S/C34H44O3/c1-3-5-6-7-8-17-37-32-21-26(10-9-25-11-14-30(15-12-25)33(35)36-4-2)13-16-31(32)34-22-27-18-28(23-34)20-29(19-27)24-34/h9-16,21,27-29H,3-8,17-20,22-24H2,1-2H3/b10-9+. The van der Waals surface area contributed by atoms with E-state index in [1.165, 1.54) is 75.3 Å². The highest BCUT2D eigenvalue weighted by Gasteiger charge is 2.52. The Morgan fingerprint density at radius 3 is 2.11 bits per heavy atom. The normalized spacial score (nSPS) is 26.1. The second kappa shape index (κ2) is 11.9. The SMILES string of the molecule is CCCCCCCOc1cc(/C=C/c2ccc(C(=O)OCC)cc2)ccc1C12CC3CC(CC(C3)C1)C2. The Morgan fingerprint density at radius 2 is 1.46 bits per heavy atom. The molecule has 4 aliphatic carbocycles. The lowest BCUT2D eigenvalue weighted by molar-refractivity contribution is -0.00640. The van der Waals surface area contributed by atoms with Gasteiger partial charge >= 0.3 is 5.97 Å². The Hall–Kier alpha value is -2.55. The molecule has 0 atom stereocenters. The average molecular weight is 501 g/mol. The van der Waals surface area contributed by atoms with Crippen LogP contribution in [-0.4, -0.2) is 19.2 Å². The van der Waals surface area contributed by atoms with E-state index < -0.39 is 0 Å². The molecule has 0 N–H and O–H groups in total. The van der Waals surface area contributed by atoms with Gasteiger partial charge in [0.15, 0.2) is 0 Å². The van der Waals surface area contributed by atoms with Crippen molar-refractivity contribution in [1.29, 1.82) is 0 Å². The zero-order valence-corrected chi connectivity index (χ0v) is 22.8. The molecule has 4 aliphatic rings. The van der Waals surface area contributed by atoms with Crippen molar-refractivity contribution in [2.24, 2.45) is 17.8 Å². The second-order valence-corrected chi connectivity index (χ2v) is 11.9. The van der Waals surface area contributed by atoms with Gasteiger partial charge in [-0.1, -0.05) is 69.0 Å². The molecule has 4 bridgehead atoms. The summed E-state index contributed by atoms with van der Waals surface area (Å²) in [6.45, 7) is 5.30. The lowest BCUT2D eigenvalue weighted by atomic mass is 9.48. The van der Waals surface area contributed by atoms with Crippen molar-refractivity contribution < 1.29 is 14.3 Å². The molecule has 0 aromatic heterocycles. The number of unbranched alkanes of at least 4 members (excludes halogenated alkanes) is 4. The molecule has 4 fully saturated rings. The van der Waals surface area contributed by atoms with Gasteiger partial charge in [0.2, 0.25) is 0 Å². The van der Waals surface area contributed by atoms with Crippen LogP contribution in [0.25, 0.3) is 12.2 Å². The third-order valence-electron chi connectivity index (χ3n) is 9.01. The number of hydrogen-bond donors (Lipinski definition) is 0. The predicted octanol–water partition coefficient (Wildman–Crippen LogP) is 8.85. The van der Waals surface area contributed by atoms with Crippen molar-refractivity contribution in [3.63, 3.8) is 0 Å². The molecule has 3 heteroatoms. The van der Waals surface area contributed by atoms with Crippen LogP contribution >= 0.6 is 0 Å². The Balaban J connectivity index is 1.34. The van der Waals surface area contributed by atoms with Crippen molar-refractivity contribution in [3.05, 3.63) is 64.7 Å². The molecule has 2 aromatic carbocycles. The van der Waals surface area contributed by atoms with E-state index in [9.17, 15) is 4.79 Å². The van der Waals surface area contributed by atoms with Gasteiger partial charge in [-0.3, -0.25) is 0 Å². The minimum absolute atomic E-state index is 0.269. The summed E-state index contributed by atoms with van der Waals surface area (Å²) in [6.07, 6.45) is 19.0. The van der Waals surface area contributed by atoms with E-state index in [1.54, 1.807) is 0 Å². The largest absolute Gasteiger partial charge is 0.493 e. The molecular weight excluding hydrogens is 456 g/mol. The molecule has 0 heterocycles. The summed E-state index contributed by atoms with van der Waals surface area (Å²) < 4.78 is 11.7. The van der Waals surface area contributed by atoms with Crippen LogP contribution in [0.15, 0.2) is 42.5 Å². The maximum atomic E-state index is 11.9. The van der Waals surface area contributed by atoms with Crippen molar-refractivity contribution in [1.82, 2.24) is 0 Å². The lowest BCUT2D eigenvalue weighted by Gasteiger charge is -2.57. The van der Waals surface area contributed by atoms with E-state index in [-0.39, 0.29) is 5.97 Å². The molecular formula is C34H44O3. The quantitative estimate of drug-likeness (QED) is 0.166. The predicted molar refractivity (Wildman–Crippen MR) is 152 cm³/mol. The second-order valence-electron chi connectivity index (χ2n) is 11.9. The van der Waals surface area contributed by atoms with Crippen LogP contribution in [0.5, 0.6) is 5.75 Å². The van der Waals surface area contributed by atoms with E-state index in [2.05, 4.69) is 37.3 Å². The lowest BCUT2D eigenvalue weighted by Crippen LogP contribution is -2.48. The fourth-order valence-electron chi connectivity index (χ4n) is 7.67. The van der Waals surface area contributed by atoms with Crippen LogP contribution in [0.4, 0.5) is 0 Å². The van der Waals surface area contributed by atoms with Gasteiger partial charge in [-0.25, -0.2) is 4.79 Å². The smallest absolute Gasteiger partial charge is 0.338 e. The first kappa shape index (κ1) is 26.1. The Bertz CT molecular complexity index is 1050. The molecule has 2 aromatic rings. The number of esters is 1. The summed E-state index contributed by atoms with van der Waals surface area (Å²) in [7, 11) is 0. The van der Waals surface area contributed by atoms with Crippen molar-refractivity contribution in [3.8, 4) is 5.75 Å².